The topological polar surface area (TPSA) is 62.2 Å². The van der Waals surface area contributed by atoms with Gasteiger partial charge in [-0.3, -0.25) is 4.79 Å². The molecule has 1 aromatic carbocycles. The number of nitrogens with zero attached hydrogens (tertiary/aromatic N) is 1. The molecule has 5 heteroatoms. The van der Waals surface area contributed by atoms with E-state index in [-0.39, 0.29) is 24.1 Å². The molecule has 0 aliphatic carbocycles. The lowest BCUT2D eigenvalue weighted by molar-refractivity contribution is -0.121. The van der Waals surface area contributed by atoms with E-state index in [1.54, 1.807) is 35.6 Å². The van der Waals surface area contributed by atoms with Crippen LogP contribution in [0.25, 0.3) is 0 Å². The van der Waals surface area contributed by atoms with Crippen molar-refractivity contribution in [2.45, 2.75) is 32.7 Å². The number of nitrogens with one attached hydrogen (secondary N) is 1. The van der Waals surface area contributed by atoms with E-state index >= 15 is 0 Å². The van der Waals surface area contributed by atoms with E-state index in [4.69, 9.17) is 0 Å². The Kier molecular flexibility index (Phi) is 4.74. The predicted molar refractivity (Wildman–Crippen MR) is 79.9 cm³/mol. The number of aromatic nitrogens is 1. The van der Waals surface area contributed by atoms with Gasteiger partial charge >= 0.3 is 0 Å². The van der Waals surface area contributed by atoms with Gasteiger partial charge in [-0.25, -0.2) is 4.98 Å². The molecule has 2 N–H and O–H groups in total. The Morgan fingerprint density at radius 3 is 2.85 bits per heavy atom. The standard InChI is InChI=1S/C15H18N2O2S/c1-3-12-9-16-15(20-12)10(2)17-14(19)8-11-6-4-5-7-13(11)18/h4-7,9-10,18H,3,8H2,1-2H3,(H,17,19). The molecule has 0 spiro atoms. The molecule has 1 aromatic heterocycles. The molecule has 1 unspecified atom stereocenters. The third-order valence-electron chi connectivity index (χ3n) is 3.01. The Balaban J connectivity index is 1.96. The molecule has 2 rings (SSSR count). The van der Waals surface area contributed by atoms with E-state index in [1.165, 1.54) is 4.88 Å². The van der Waals surface area contributed by atoms with E-state index in [2.05, 4.69) is 17.2 Å². The van der Waals surface area contributed by atoms with Gasteiger partial charge in [0.2, 0.25) is 5.91 Å². The van der Waals surface area contributed by atoms with Gasteiger partial charge in [-0.05, 0) is 19.4 Å². The molecular formula is C15H18N2O2S. The number of hydrogen-bond donors (Lipinski definition) is 2. The van der Waals surface area contributed by atoms with Crippen LogP contribution in [0.4, 0.5) is 0 Å². The second kappa shape index (κ2) is 6.52. The number of thiazole rings is 1. The van der Waals surface area contributed by atoms with E-state index in [9.17, 15) is 9.90 Å². The number of aromatic hydroxyl groups is 1. The number of aryl methyl sites for hydroxylation is 1. The summed E-state index contributed by atoms with van der Waals surface area (Å²) in [7, 11) is 0. The summed E-state index contributed by atoms with van der Waals surface area (Å²) in [6.07, 6.45) is 2.98. The quantitative estimate of drug-likeness (QED) is 0.890. The fourth-order valence-corrected chi connectivity index (χ4v) is 2.73. The number of amides is 1. The highest BCUT2D eigenvalue weighted by atomic mass is 32.1. The SMILES string of the molecule is CCc1cnc(C(C)NC(=O)Cc2ccccc2O)s1. The number of carbonyl (C=O) groups is 1. The van der Waals surface area contributed by atoms with Crippen LogP contribution in [0.2, 0.25) is 0 Å². The lowest BCUT2D eigenvalue weighted by atomic mass is 10.1. The van der Waals surface area contributed by atoms with Crippen LogP contribution in [0.5, 0.6) is 5.75 Å². The molecule has 4 nitrogen and oxygen atoms in total. The average Bonchev–Trinajstić information content (AvgIpc) is 2.90. The Morgan fingerprint density at radius 1 is 1.45 bits per heavy atom. The van der Waals surface area contributed by atoms with Gasteiger partial charge < -0.3 is 10.4 Å². The van der Waals surface area contributed by atoms with Crippen molar-refractivity contribution >= 4 is 17.2 Å². The third-order valence-corrected chi connectivity index (χ3v) is 4.33. The number of carbonyl (C=O) groups excluding carboxylic acids is 1. The highest BCUT2D eigenvalue weighted by Gasteiger charge is 2.14. The van der Waals surface area contributed by atoms with E-state index in [1.807, 2.05) is 13.1 Å². The first-order chi connectivity index (χ1) is 9.60. The number of phenols is 1. The molecule has 0 saturated heterocycles. The second-order valence-electron chi connectivity index (χ2n) is 4.61. The zero-order valence-electron chi connectivity index (χ0n) is 11.6. The van der Waals surface area contributed by atoms with Crippen molar-refractivity contribution in [1.29, 1.82) is 0 Å². The molecule has 0 aliphatic heterocycles. The summed E-state index contributed by atoms with van der Waals surface area (Å²) in [6, 6.07) is 6.76. The van der Waals surface area contributed by atoms with Gasteiger partial charge in [0.1, 0.15) is 10.8 Å². The van der Waals surface area contributed by atoms with Crippen LogP contribution in [-0.4, -0.2) is 16.0 Å². The molecule has 106 valence electrons. The fourth-order valence-electron chi connectivity index (χ4n) is 1.87. The Morgan fingerprint density at radius 2 is 2.20 bits per heavy atom. The maximum atomic E-state index is 12.0. The molecule has 0 saturated carbocycles. The van der Waals surface area contributed by atoms with Gasteiger partial charge in [-0.2, -0.15) is 0 Å². The van der Waals surface area contributed by atoms with Gasteiger partial charge in [0.25, 0.3) is 0 Å². The van der Waals surface area contributed by atoms with Gasteiger partial charge in [-0.15, -0.1) is 11.3 Å². The van der Waals surface area contributed by atoms with Crippen molar-refractivity contribution in [3.05, 3.63) is 45.9 Å². The fraction of sp³-hybridized carbons (Fsp3) is 0.333. The summed E-state index contributed by atoms with van der Waals surface area (Å²) in [5.74, 6) is 0.0325. The first kappa shape index (κ1) is 14.5. The molecule has 0 aliphatic rings. The monoisotopic (exact) mass is 290 g/mol. The van der Waals surface area contributed by atoms with Gasteiger partial charge in [-0.1, -0.05) is 25.1 Å². The lowest BCUT2D eigenvalue weighted by Gasteiger charge is -2.11. The molecule has 0 radical (unpaired) electrons. The number of phenolic OH excluding ortho intramolecular Hbond substituents is 1. The molecule has 2 aromatic rings. The number of benzene rings is 1. The zero-order valence-corrected chi connectivity index (χ0v) is 12.4. The summed E-state index contributed by atoms with van der Waals surface area (Å²) < 4.78 is 0. The minimum Gasteiger partial charge on any atom is -0.508 e. The van der Waals surface area contributed by atoms with Crippen molar-refractivity contribution < 1.29 is 9.90 Å². The maximum Gasteiger partial charge on any atom is 0.225 e. The summed E-state index contributed by atoms with van der Waals surface area (Å²) in [4.78, 5) is 17.5. The summed E-state index contributed by atoms with van der Waals surface area (Å²) in [6.45, 7) is 4.00. The minimum atomic E-state index is -0.118. The maximum absolute atomic E-state index is 12.0. The van der Waals surface area contributed by atoms with Crippen LogP contribution < -0.4 is 5.32 Å². The van der Waals surface area contributed by atoms with Crippen LogP contribution >= 0.6 is 11.3 Å². The van der Waals surface area contributed by atoms with Crippen molar-refractivity contribution in [2.75, 3.05) is 0 Å². The van der Waals surface area contributed by atoms with Crippen LogP contribution in [0, 0.1) is 0 Å². The number of rotatable bonds is 5. The first-order valence-electron chi connectivity index (χ1n) is 6.61. The Hall–Kier alpha value is -1.88. The van der Waals surface area contributed by atoms with Crippen molar-refractivity contribution in [3.63, 3.8) is 0 Å². The van der Waals surface area contributed by atoms with Crippen LogP contribution in [0.1, 0.15) is 35.3 Å². The molecule has 1 atom stereocenters. The van der Waals surface area contributed by atoms with Crippen LogP contribution in [-0.2, 0) is 17.6 Å². The summed E-state index contributed by atoms with van der Waals surface area (Å²) in [5, 5.41) is 13.5. The first-order valence-corrected chi connectivity index (χ1v) is 7.42. The molecular weight excluding hydrogens is 272 g/mol. The smallest absolute Gasteiger partial charge is 0.225 e. The van der Waals surface area contributed by atoms with Crippen LogP contribution in [0.3, 0.4) is 0 Å². The van der Waals surface area contributed by atoms with Crippen molar-refractivity contribution in [2.24, 2.45) is 0 Å². The van der Waals surface area contributed by atoms with Gasteiger partial charge in [0, 0.05) is 16.6 Å². The number of hydrogen-bond acceptors (Lipinski definition) is 4. The summed E-state index contributed by atoms with van der Waals surface area (Å²) >= 11 is 1.62. The third kappa shape index (κ3) is 3.57. The minimum absolute atomic E-state index is 0.112. The lowest BCUT2D eigenvalue weighted by Crippen LogP contribution is -2.28. The highest BCUT2D eigenvalue weighted by Crippen LogP contribution is 2.21. The molecule has 0 bridgehead atoms. The normalized spacial score (nSPS) is 12.1. The second-order valence-corrected chi connectivity index (χ2v) is 5.76. The van der Waals surface area contributed by atoms with E-state index in [0.29, 0.717) is 5.56 Å². The van der Waals surface area contributed by atoms with Gasteiger partial charge in [0.15, 0.2) is 0 Å². The molecule has 1 heterocycles. The van der Waals surface area contributed by atoms with Crippen LogP contribution in [0.15, 0.2) is 30.5 Å². The van der Waals surface area contributed by atoms with Crippen molar-refractivity contribution in [1.82, 2.24) is 10.3 Å². The van der Waals surface area contributed by atoms with E-state index in [0.717, 1.165) is 11.4 Å². The number of para-hydroxylation sites is 1. The molecule has 20 heavy (non-hydrogen) atoms. The van der Waals surface area contributed by atoms with Gasteiger partial charge in [0.05, 0.1) is 12.5 Å². The Bertz CT molecular complexity index is 595. The van der Waals surface area contributed by atoms with E-state index < -0.39 is 0 Å². The molecule has 1 amide bonds. The van der Waals surface area contributed by atoms with Crippen molar-refractivity contribution in [3.8, 4) is 5.75 Å². The highest BCUT2D eigenvalue weighted by molar-refractivity contribution is 7.11. The zero-order chi connectivity index (χ0) is 14.5. The summed E-state index contributed by atoms with van der Waals surface area (Å²) in [5.41, 5.74) is 0.630. The average molecular weight is 290 g/mol. The predicted octanol–water partition coefficient (Wildman–Crippen LogP) is 2.83. The molecule has 0 fully saturated rings. The largest absolute Gasteiger partial charge is 0.508 e. The Labute approximate surface area is 122 Å².